The largest absolute Gasteiger partial charge is 0.456 e. The molecule has 0 unspecified atom stereocenters. The van der Waals surface area contributed by atoms with Crippen molar-refractivity contribution in [3.8, 4) is 11.5 Å². The van der Waals surface area contributed by atoms with Gasteiger partial charge in [-0.1, -0.05) is 42.5 Å². The maximum atomic E-state index is 6.05. The van der Waals surface area contributed by atoms with Gasteiger partial charge in [0.05, 0.1) is 0 Å². The molecule has 0 fully saturated rings. The second-order valence-electron chi connectivity index (χ2n) is 4.71. The highest BCUT2D eigenvalue weighted by Gasteiger charge is 2.06. The van der Waals surface area contributed by atoms with E-state index in [1.165, 1.54) is 20.9 Å². The summed E-state index contributed by atoms with van der Waals surface area (Å²) in [7, 11) is 0. The topological polar surface area (TPSA) is 9.23 Å². The zero-order valence-electron chi connectivity index (χ0n) is 10.7. The predicted molar refractivity (Wildman–Crippen MR) is 85.8 cm³/mol. The van der Waals surface area contributed by atoms with E-state index in [1.54, 1.807) is 11.3 Å². The lowest BCUT2D eigenvalue weighted by Gasteiger charge is -2.06. The van der Waals surface area contributed by atoms with Crippen molar-refractivity contribution in [2.75, 3.05) is 0 Å². The fourth-order valence-corrected chi connectivity index (χ4v) is 3.25. The van der Waals surface area contributed by atoms with Crippen molar-refractivity contribution in [1.29, 1.82) is 0 Å². The van der Waals surface area contributed by atoms with Gasteiger partial charge in [-0.05, 0) is 35.0 Å². The molecule has 0 saturated carbocycles. The highest BCUT2D eigenvalue weighted by Crippen LogP contribution is 2.35. The van der Waals surface area contributed by atoms with E-state index in [0.29, 0.717) is 0 Å². The normalized spacial score (nSPS) is 11.0. The number of thiophene rings is 1. The zero-order valence-corrected chi connectivity index (χ0v) is 11.6. The number of hydrogen-bond acceptors (Lipinski definition) is 2. The number of hydrogen-bond donors (Lipinski definition) is 0. The third-order valence-corrected chi connectivity index (χ3v) is 4.34. The summed E-state index contributed by atoms with van der Waals surface area (Å²) in [6, 6.07) is 22.8. The smallest absolute Gasteiger partial charge is 0.145 e. The van der Waals surface area contributed by atoms with Gasteiger partial charge in [0.15, 0.2) is 0 Å². The van der Waals surface area contributed by atoms with Crippen LogP contribution in [0.1, 0.15) is 0 Å². The first-order valence-corrected chi connectivity index (χ1v) is 7.41. The van der Waals surface area contributed by atoms with E-state index in [0.717, 1.165) is 11.5 Å². The summed E-state index contributed by atoms with van der Waals surface area (Å²) in [5, 5.41) is 5.67. The van der Waals surface area contributed by atoms with Crippen LogP contribution in [0, 0.1) is 0 Å². The molecule has 0 aliphatic carbocycles. The molecule has 0 atom stereocenters. The van der Waals surface area contributed by atoms with Gasteiger partial charge in [0.25, 0.3) is 0 Å². The average Bonchev–Trinajstić information content (AvgIpc) is 2.91. The second-order valence-corrected chi connectivity index (χ2v) is 5.62. The molecule has 0 bridgehead atoms. The van der Waals surface area contributed by atoms with E-state index in [4.69, 9.17) is 4.74 Å². The van der Waals surface area contributed by atoms with Crippen LogP contribution in [0.4, 0.5) is 0 Å². The van der Waals surface area contributed by atoms with Crippen LogP contribution in [0.15, 0.2) is 72.1 Å². The highest BCUT2D eigenvalue weighted by molar-refractivity contribution is 7.17. The van der Waals surface area contributed by atoms with Crippen molar-refractivity contribution in [2.45, 2.75) is 0 Å². The van der Waals surface area contributed by atoms with Crippen molar-refractivity contribution >= 4 is 32.2 Å². The Bertz CT molecular complexity index is 892. The molecule has 0 radical (unpaired) electrons. The van der Waals surface area contributed by atoms with E-state index >= 15 is 0 Å². The summed E-state index contributed by atoms with van der Waals surface area (Å²) < 4.78 is 7.30. The van der Waals surface area contributed by atoms with Gasteiger partial charge in [0, 0.05) is 15.5 Å². The fourth-order valence-electron chi connectivity index (χ4n) is 2.39. The van der Waals surface area contributed by atoms with E-state index in [-0.39, 0.29) is 0 Å². The third kappa shape index (κ3) is 1.95. The van der Waals surface area contributed by atoms with Crippen LogP contribution in [-0.4, -0.2) is 0 Å². The first-order chi connectivity index (χ1) is 9.90. The average molecular weight is 276 g/mol. The van der Waals surface area contributed by atoms with E-state index in [1.807, 2.05) is 18.2 Å². The van der Waals surface area contributed by atoms with E-state index in [2.05, 4.69) is 53.9 Å². The van der Waals surface area contributed by atoms with Crippen molar-refractivity contribution in [3.63, 3.8) is 0 Å². The minimum absolute atomic E-state index is 0.882. The lowest BCUT2D eigenvalue weighted by molar-refractivity contribution is 0.491. The summed E-state index contributed by atoms with van der Waals surface area (Å²) in [5.74, 6) is 1.81. The monoisotopic (exact) mass is 276 g/mol. The maximum Gasteiger partial charge on any atom is 0.145 e. The van der Waals surface area contributed by atoms with Crippen molar-refractivity contribution in [2.24, 2.45) is 0 Å². The molecular formula is C18H12OS. The summed E-state index contributed by atoms with van der Waals surface area (Å²) in [6.45, 7) is 0. The van der Waals surface area contributed by atoms with Gasteiger partial charge in [-0.2, -0.15) is 0 Å². The SMILES string of the molecule is c1ccc2cc(Oc3csc4ccccc34)ccc2c1. The number of rotatable bonds is 2. The van der Waals surface area contributed by atoms with Crippen molar-refractivity contribution in [1.82, 2.24) is 0 Å². The molecule has 2 heteroatoms. The van der Waals surface area contributed by atoms with E-state index in [9.17, 15) is 0 Å². The number of benzene rings is 3. The first kappa shape index (κ1) is 11.5. The van der Waals surface area contributed by atoms with Gasteiger partial charge >= 0.3 is 0 Å². The Labute approximate surface area is 121 Å². The quantitative estimate of drug-likeness (QED) is 0.446. The standard InChI is InChI=1S/C18H12OS/c1-2-6-14-11-15(10-9-13(14)5-1)19-17-12-20-18-8-4-3-7-16(17)18/h1-12H. The molecule has 1 heterocycles. The van der Waals surface area contributed by atoms with Gasteiger partial charge in [0.2, 0.25) is 0 Å². The molecule has 0 aliphatic rings. The highest BCUT2D eigenvalue weighted by atomic mass is 32.1. The number of ether oxygens (including phenoxy) is 1. The van der Waals surface area contributed by atoms with Crippen LogP contribution in [0.25, 0.3) is 20.9 Å². The summed E-state index contributed by atoms with van der Waals surface area (Å²) in [4.78, 5) is 0. The fraction of sp³-hybridized carbons (Fsp3) is 0. The molecule has 0 saturated heterocycles. The molecule has 1 nitrogen and oxygen atoms in total. The molecule has 0 N–H and O–H groups in total. The lowest BCUT2D eigenvalue weighted by Crippen LogP contribution is -1.82. The zero-order chi connectivity index (χ0) is 13.4. The Hall–Kier alpha value is -2.32. The summed E-state index contributed by atoms with van der Waals surface area (Å²) in [5.41, 5.74) is 0. The molecule has 4 aromatic rings. The number of fused-ring (bicyclic) bond motifs is 2. The molecule has 0 spiro atoms. The Morgan fingerprint density at radius 1 is 0.750 bits per heavy atom. The van der Waals surface area contributed by atoms with Gasteiger partial charge in [-0.25, -0.2) is 0 Å². The molecule has 3 aromatic carbocycles. The predicted octanol–water partition coefficient (Wildman–Crippen LogP) is 5.85. The van der Waals surface area contributed by atoms with Crippen LogP contribution in [0.2, 0.25) is 0 Å². The molecular weight excluding hydrogens is 264 g/mol. The second kappa shape index (κ2) is 4.66. The van der Waals surface area contributed by atoms with Gasteiger partial charge < -0.3 is 4.74 Å². The molecule has 4 rings (SSSR count). The van der Waals surface area contributed by atoms with Gasteiger partial charge in [-0.3, -0.25) is 0 Å². The summed E-state index contributed by atoms with van der Waals surface area (Å²) >= 11 is 1.71. The van der Waals surface area contributed by atoms with Crippen LogP contribution in [0.3, 0.4) is 0 Å². The molecule has 0 amide bonds. The van der Waals surface area contributed by atoms with Crippen LogP contribution < -0.4 is 4.74 Å². The Kier molecular flexibility index (Phi) is 2.68. The van der Waals surface area contributed by atoms with Gasteiger partial charge in [0.1, 0.15) is 11.5 Å². The van der Waals surface area contributed by atoms with Crippen molar-refractivity contribution in [3.05, 3.63) is 72.1 Å². The van der Waals surface area contributed by atoms with Crippen LogP contribution in [-0.2, 0) is 0 Å². The Morgan fingerprint density at radius 2 is 1.55 bits per heavy atom. The Balaban J connectivity index is 1.76. The summed E-state index contributed by atoms with van der Waals surface area (Å²) in [6.07, 6.45) is 0. The minimum Gasteiger partial charge on any atom is -0.456 e. The van der Waals surface area contributed by atoms with Crippen molar-refractivity contribution < 1.29 is 4.74 Å². The minimum atomic E-state index is 0.882. The van der Waals surface area contributed by atoms with Crippen LogP contribution >= 0.6 is 11.3 Å². The molecule has 96 valence electrons. The molecule has 20 heavy (non-hydrogen) atoms. The maximum absolute atomic E-state index is 6.05. The third-order valence-electron chi connectivity index (χ3n) is 3.39. The molecule has 1 aromatic heterocycles. The molecule has 0 aliphatic heterocycles. The lowest BCUT2D eigenvalue weighted by atomic mass is 10.1. The van der Waals surface area contributed by atoms with Crippen LogP contribution in [0.5, 0.6) is 11.5 Å². The first-order valence-electron chi connectivity index (χ1n) is 6.53. The van der Waals surface area contributed by atoms with Gasteiger partial charge in [-0.15, -0.1) is 11.3 Å². The van der Waals surface area contributed by atoms with E-state index < -0.39 is 0 Å². The Morgan fingerprint density at radius 3 is 2.50 bits per heavy atom.